The van der Waals surface area contributed by atoms with Crippen LogP contribution in [-0.4, -0.2) is 34.8 Å². The van der Waals surface area contributed by atoms with Crippen molar-refractivity contribution >= 4 is 23.2 Å². The number of primary amides is 1. The number of carbonyl (C=O) groups excluding carboxylic acids is 2. The molecular formula is C15H18N4O2S. The maximum absolute atomic E-state index is 12.5. The van der Waals surface area contributed by atoms with Gasteiger partial charge in [0.15, 0.2) is 0 Å². The van der Waals surface area contributed by atoms with E-state index in [-0.39, 0.29) is 12.5 Å². The highest BCUT2D eigenvalue weighted by atomic mass is 32.1. The lowest BCUT2D eigenvalue weighted by Gasteiger charge is -2.20. The smallest absolute Gasteiger partial charge is 0.274 e. The van der Waals surface area contributed by atoms with E-state index in [1.54, 1.807) is 5.38 Å². The fourth-order valence-corrected chi connectivity index (χ4v) is 2.79. The Morgan fingerprint density at radius 3 is 2.59 bits per heavy atom. The molecule has 116 valence electrons. The van der Waals surface area contributed by atoms with Crippen molar-refractivity contribution in [2.45, 2.75) is 13.0 Å². The molecule has 0 aliphatic heterocycles. The number of hydrogen-bond donors (Lipinski definition) is 2. The first-order valence-electron chi connectivity index (χ1n) is 6.86. The van der Waals surface area contributed by atoms with Crippen LogP contribution in [0.4, 0.5) is 0 Å². The van der Waals surface area contributed by atoms with E-state index in [1.807, 2.05) is 30.3 Å². The number of nitrogens with zero attached hydrogens (tertiary/aromatic N) is 2. The lowest BCUT2D eigenvalue weighted by Crippen LogP contribution is -2.38. The maximum atomic E-state index is 12.5. The molecule has 0 unspecified atom stereocenters. The number of nitrogens with two attached hydrogens (primary N) is 2. The summed E-state index contributed by atoms with van der Waals surface area (Å²) in [6, 6.07) is 9.43. The van der Waals surface area contributed by atoms with Crippen LogP contribution in [0, 0.1) is 0 Å². The van der Waals surface area contributed by atoms with Crippen molar-refractivity contribution in [3.05, 3.63) is 52.0 Å². The second-order valence-electron chi connectivity index (χ2n) is 4.78. The molecule has 1 aromatic carbocycles. The van der Waals surface area contributed by atoms with E-state index >= 15 is 0 Å². The van der Waals surface area contributed by atoms with Gasteiger partial charge in [-0.2, -0.15) is 0 Å². The molecule has 2 rings (SSSR count). The first-order chi connectivity index (χ1) is 10.6. The van der Waals surface area contributed by atoms with Crippen LogP contribution >= 0.6 is 11.3 Å². The first kappa shape index (κ1) is 16.1. The molecular weight excluding hydrogens is 300 g/mol. The van der Waals surface area contributed by atoms with Crippen molar-refractivity contribution < 1.29 is 9.59 Å². The molecule has 4 N–H and O–H groups in total. The minimum absolute atomic E-state index is 0.141. The predicted molar refractivity (Wildman–Crippen MR) is 85.2 cm³/mol. The average molecular weight is 318 g/mol. The maximum Gasteiger partial charge on any atom is 0.274 e. The molecule has 0 fully saturated rings. The minimum atomic E-state index is -0.554. The summed E-state index contributed by atoms with van der Waals surface area (Å²) in [5.41, 5.74) is 12.0. The van der Waals surface area contributed by atoms with Gasteiger partial charge in [0.1, 0.15) is 12.2 Å². The van der Waals surface area contributed by atoms with Gasteiger partial charge in [0.25, 0.3) is 5.91 Å². The molecule has 0 spiro atoms. The van der Waals surface area contributed by atoms with Crippen LogP contribution in [0.15, 0.2) is 35.7 Å². The molecule has 0 saturated heterocycles. The molecule has 1 aromatic heterocycles. The van der Waals surface area contributed by atoms with Gasteiger partial charge in [0, 0.05) is 18.3 Å². The summed E-state index contributed by atoms with van der Waals surface area (Å²) in [6.07, 6.45) is 0.631. The predicted octanol–water partition coefficient (Wildman–Crippen LogP) is 0.772. The normalized spacial score (nSPS) is 10.4. The van der Waals surface area contributed by atoms with Gasteiger partial charge in [-0.3, -0.25) is 9.59 Å². The Morgan fingerprint density at radius 2 is 1.95 bits per heavy atom. The van der Waals surface area contributed by atoms with E-state index in [2.05, 4.69) is 4.98 Å². The van der Waals surface area contributed by atoms with Gasteiger partial charge in [-0.25, -0.2) is 4.98 Å². The van der Waals surface area contributed by atoms with Gasteiger partial charge in [0.2, 0.25) is 5.91 Å². The first-order valence-corrected chi connectivity index (χ1v) is 7.74. The molecule has 0 atom stereocenters. The van der Waals surface area contributed by atoms with Crippen LogP contribution in [0.1, 0.15) is 21.1 Å². The number of amides is 2. The number of benzene rings is 1. The van der Waals surface area contributed by atoms with Crippen LogP contribution in [0.2, 0.25) is 0 Å². The Kier molecular flexibility index (Phi) is 5.62. The largest absolute Gasteiger partial charge is 0.368 e. The molecule has 0 bridgehead atoms. The average Bonchev–Trinajstić information content (AvgIpc) is 2.95. The van der Waals surface area contributed by atoms with Crippen molar-refractivity contribution in [2.75, 3.05) is 13.1 Å². The van der Waals surface area contributed by atoms with Gasteiger partial charge < -0.3 is 16.4 Å². The summed E-state index contributed by atoms with van der Waals surface area (Å²) in [4.78, 5) is 29.4. The number of aromatic nitrogens is 1. The second kappa shape index (κ2) is 7.67. The molecule has 0 aliphatic rings. The summed E-state index contributed by atoms with van der Waals surface area (Å²) in [5.74, 6) is -0.858. The molecule has 1 heterocycles. The van der Waals surface area contributed by atoms with E-state index in [0.29, 0.717) is 25.2 Å². The van der Waals surface area contributed by atoms with Gasteiger partial charge in [-0.15, -0.1) is 11.3 Å². The standard InChI is InChI=1S/C15H18N4O2S/c16-7-6-14-18-12(10-22-14)15(21)19(9-13(17)20)8-11-4-2-1-3-5-11/h1-5,10H,6-9,16H2,(H2,17,20). The fraction of sp³-hybridized carbons (Fsp3) is 0.267. The Labute approximate surface area is 132 Å². The van der Waals surface area contributed by atoms with E-state index in [4.69, 9.17) is 11.5 Å². The van der Waals surface area contributed by atoms with Crippen LogP contribution in [0.3, 0.4) is 0 Å². The zero-order valence-electron chi connectivity index (χ0n) is 12.1. The Hall–Kier alpha value is -2.25. The third kappa shape index (κ3) is 4.37. The minimum Gasteiger partial charge on any atom is -0.368 e. The van der Waals surface area contributed by atoms with Crippen molar-refractivity contribution in [1.82, 2.24) is 9.88 Å². The summed E-state index contributed by atoms with van der Waals surface area (Å²) < 4.78 is 0. The highest BCUT2D eigenvalue weighted by molar-refractivity contribution is 7.09. The van der Waals surface area contributed by atoms with E-state index in [0.717, 1.165) is 10.6 Å². The number of rotatable bonds is 7. The SMILES string of the molecule is NCCc1nc(C(=O)N(CC(N)=O)Cc2ccccc2)cs1. The fourth-order valence-electron chi connectivity index (χ4n) is 2.00. The zero-order valence-corrected chi connectivity index (χ0v) is 12.9. The highest BCUT2D eigenvalue weighted by Gasteiger charge is 2.20. The van der Waals surface area contributed by atoms with Crippen LogP contribution in [-0.2, 0) is 17.8 Å². The van der Waals surface area contributed by atoms with Crippen molar-refractivity contribution in [1.29, 1.82) is 0 Å². The molecule has 0 aliphatic carbocycles. The quantitative estimate of drug-likeness (QED) is 0.787. The van der Waals surface area contributed by atoms with Crippen molar-refractivity contribution in [2.24, 2.45) is 11.5 Å². The summed E-state index contributed by atoms with van der Waals surface area (Å²) in [5, 5.41) is 2.50. The molecule has 7 heteroatoms. The Balaban J connectivity index is 2.16. The van der Waals surface area contributed by atoms with Crippen molar-refractivity contribution in [3.63, 3.8) is 0 Å². The number of hydrogen-bond acceptors (Lipinski definition) is 5. The molecule has 0 saturated carbocycles. The molecule has 0 radical (unpaired) electrons. The van der Waals surface area contributed by atoms with Gasteiger partial charge >= 0.3 is 0 Å². The van der Waals surface area contributed by atoms with E-state index in [1.165, 1.54) is 16.2 Å². The zero-order chi connectivity index (χ0) is 15.9. The monoisotopic (exact) mass is 318 g/mol. The second-order valence-corrected chi connectivity index (χ2v) is 5.72. The molecule has 6 nitrogen and oxygen atoms in total. The molecule has 2 aromatic rings. The van der Waals surface area contributed by atoms with Gasteiger partial charge in [0.05, 0.1) is 5.01 Å². The lowest BCUT2D eigenvalue weighted by atomic mass is 10.2. The number of carbonyl (C=O) groups is 2. The molecule has 2 amide bonds. The topological polar surface area (TPSA) is 102 Å². The number of thiazole rings is 1. The Morgan fingerprint density at radius 1 is 1.23 bits per heavy atom. The van der Waals surface area contributed by atoms with Gasteiger partial charge in [-0.1, -0.05) is 30.3 Å². The summed E-state index contributed by atoms with van der Waals surface area (Å²) in [7, 11) is 0. The third-order valence-corrected chi connectivity index (χ3v) is 3.89. The van der Waals surface area contributed by atoms with Crippen molar-refractivity contribution in [3.8, 4) is 0 Å². The van der Waals surface area contributed by atoms with Crippen LogP contribution in [0.5, 0.6) is 0 Å². The van der Waals surface area contributed by atoms with Crippen LogP contribution in [0.25, 0.3) is 0 Å². The summed E-state index contributed by atoms with van der Waals surface area (Å²) in [6.45, 7) is 0.653. The lowest BCUT2D eigenvalue weighted by molar-refractivity contribution is -0.118. The van der Waals surface area contributed by atoms with E-state index in [9.17, 15) is 9.59 Å². The van der Waals surface area contributed by atoms with E-state index < -0.39 is 5.91 Å². The van der Waals surface area contributed by atoms with Gasteiger partial charge in [-0.05, 0) is 12.1 Å². The third-order valence-electron chi connectivity index (χ3n) is 2.98. The summed E-state index contributed by atoms with van der Waals surface area (Å²) >= 11 is 1.39. The van der Waals surface area contributed by atoms with Crippen LogP contribution < -0.4 is 11.5 Å². The molecule has 22 heavy (non-hydrogen) atoms. The highest BCUT2D eigenvalue weighted by Crippen LogP contribution is 2.14. The Bertz CT molecular complexity index is 642.